The van der Waals surface area contributed by atoms with E-state index in [9.17, 15) is 13.6 Å². The lowest BCUT2D eigenvalue weighted by Gasteiger charge is -2.29. The molecule has 1 amide bonds. The van der Waals surface area contributed by atoms with Crippen molar-refractivity contribution >= 4 is 17.5 Å². The lowest BCUT2D eigenvalue weighted by Crippen LogP contribution is -2.31. The van der Waals surface area contributed by atoms with Crippen molar-refractivity contribution in [1.29, 1.82) is 0 Å². The van der Waals surface area contributed by atoms with E-state index in [1.54, 1.807) is 24.3 Å². The average molecular weight is 396 g/mol. The molecule has 0 aliphatic rings. The van der Waals surface area contributed by atoms with Crippen LogP contribution in [-0.2, 0) is 0 Å². The number of hydrogen-bond acceptors (Lipinski definition) is 3. The summed E-state index contributed by atoms with van der Waals surface area (Å²) in [5.74, 6) is -0.865. The predicted molar refractivity (Wildman–Crippen MR) is 102 cm³/mol. The maximum Gasteiger partial charge on any atom is 0.297 e. The highest BCUT2D eigenvalue weighted by atomic mass is 35.5. The molecule has 0 saturated heterocycles. The summed E-state index contributed by atoms with van der Waals surface area (Å²) < 4.78 is 25.4. The molecule has 0 bridgehead atoms. The molecule has 146 valence electrons. The van der Waals surface area contributed by atoms with Crippen LogP contribution in [0.4, 0.5) is 8.78 Å². The van der Waals surface area contributed by atoms with Gasteiger partial charge < -0.3 is 5.32 Å². The van der Waals surface area contributed by atoms with E-state index in [-0.39, 0.29) is 17.2 Å². The minimum absolute atomic E-state index is 0.0151. The van der Waals surface area contributed by atoms with Crippen molar-refractivity contribution in [3.8, 4) is 0 Å². The van der Waals surface area contributed by atoms with Gasteiger partial charge in [0.2, 0.25) is 0 Å². The normalized spacial score (nSPS) is 12.9. The van der Waals surface area contributed by atoms with Crippen LogP contribution >= 0.6 is 11.6 Å². The second-order valence-corrected chi connectivity index (χ2v) is 7.69. The smallest absolute Gasteiger partial charge is 0.297 e. The largest absolute Gasteiger partial charge is 0.351 e. The fraction of sp³-hybridized carbons (Fsp3) is 0.450. The fourth-order valence-electron chi connectivity index (χ4n) is 2.75. The second-order valence-electron chi connectivity index (χ2n) is 7.28. The van der Waals surface area contributed by atoms with Gasteiger partial charge in [0.15, 0.2) is 5.82 Å². The van der Waals surface area contributed by atoms with Crippen molar-refractivity contribution in [3.05, 3.63) is 58.6 Å². The molecule has 0 spiro atoms. The van der Waals surface area contributed by atoms with Crippen molar-refractivity contribution in [1.82, 2.24) is 15.3 Å². The summed E-state index contributed by atoms with van der Waals surface area (Å²) in [6, 6.07) is 6.82. The maximum atomic E-state index is 12.7. The standard InChI is InChI=1S/C20H24ClF2N3O/c1-4-20(2,3)9-13(14-11-24-18(17(22)23)25-12-14)10-26-19(27)15-7-5-6-8-16(15)21/h5-8,11-13,17H,4,9-10H2,1-3H3,(H,26,27). The quantitative estimate of drug-likeness (QED) is 0.650. The molecule has 4 nitrogen and oxygen atoms in total. The summed E-state index contributed by atoms with van der Waals surface area (Å²) in [5.41, 5.74) is 1.14. The van der Waals surface area contributed by atoms with Crippen molar-refractivity contribution < 1.29 is 13.6 Å². The third-order valence-corrected chi connectivity index (χ3v) is 5.07. The Balaban J connectivity index is 2.17. The highest BCUT2D eigenvalue weighted by molar-refractivity contribution is 6.33. The molecule has 1 N–H and O–H groups in total. The molecule has 1 aromatic heterocycles. The molecular formula is C20H24ClF2N3O. The summed E-state index contributed by atoms with van der Waals surface area (Å²) in [7, 11) is 0. The van der Waals surface area contributed by atoms with Gasteiger partial charge in [-0.05, 0) is 29.5 Å². The van der Waals surface area contributed by atoms with Crippen LogP contribution in [0.2, 0.25) is 5.02 Å². The van der Waals surface area contributed by atoms with E-state index in [1.165, 1.54) is 12.4 Å². The third kappa shape index (κ3) is 5.96. The minimum Gasteiger partial charge on any atom is -0.351 e. The van der Waals surface area contributed by atoms with E-state index in [1.807, 2.05) is 0 Å². The number of halogens is 3. The molecule has 7 heteroatoms. The number of aromatic nitrogens is 2. The number of carbonyl (C=O) groups is 1. The van der Waals surface area contributed by atoms with Crippen molar-refractivity contribution in [2.45, 2.75) is 46.0 Å². The number of alkyl halides is 2. The lowest BCUT2D eigenvalue weighted by molar-refractivity contribution is 0.0948. The van der Waals surface area contributed by atoms with Crippen LogP contribution in [0.25, 0.3) is 0 Å². The number of carbonyl (C=O) groups excluding carboxylic acids is 1. The highest BCUT2D eigenvalue weighted by Gasteiger charge is 2.25. The van der Waals surface area contributed by atoms with Gasteiger partial charge in [-0.15, -0.1) is 0 Å². The average Bonchev–Trinajstić information content (AvgIpc) is 2.65. The van der Waals surface area contributed by atoms with Crippen LogP contribution in [0, 0.1) is 5.41 Å². The minimum atomic E-state index is -2.70. The van der Waals surface area contributed by atoms with E-state index < -0.39 is 12.2 Å². The third-order valence-electron chi connectivity index (χ3n) is 4.74. The summed E-state index contributed by atoms with van der Waals surface area (Å²) in [5, 5.41) is 3.28. The molecule has 27 heavy (non-hydrogen) atoms. The van der Waals surface area contributed by atoms with E-state index in [4.69, 9.17) is 11.6 Å². The monoisotopic (exact) mass is 395 g/mol. The molecular weight excluding hydrogens is 372 g/mol. The summed E-state index contributed by atoms with van der Waals surface area (Å²) in [6.45, 7) is 6.69. The van der Waals surface area contributed by atoms with Gasteiger partial charge >= 0.3 is 0 Å². The Morgan fingerprint density at radius 2 is 1.85 bits per heavy atom. The summed E-state index contributed by atoms with van der Waals surface area (Å²) in [6.07, 6.45) is 1.84. The van der Waals surface area contributed by atoms with E-state index in [2.05, 4.69) is 36.1 Å². The molecule has 0 saturated carbocycles. The van der Waals surface area contributed by atoms with Crippen LogP contribution in [0.5, 0.6) is 0 Å². The van der Waals surface area contributed by atoms with Crippen LogP contribution in [0.15, 0.2) is 36.7 Å². The van der Waals surface area contributed by atoms with E-state index >= 15 is 0 Å². The van der Waals surface area contributed by atoms with Crippen LogP contribution in [0.1, 0.15) is 67.7 Å². The molecule has 2 aromatic rings. The van der Waals surface area contributed by atoms with Crippen LogP contribution < -0.4 is 5.32 Å². The molecule has 1 heterocycles. The number of rotatable bonds is 8. The molecule has 0 fully saturated rings. The Labute approximate surface area is 163 Å². The van der Waals surface area contributed by atoms with E-state index in [0.29, 0.717) is 17.1 Å². The Bertz CT molecular complexity index is 766. The first-order chi connectivity index (χ1) is 12.7. The summed E-state index contributed by atoms with van der Waals surface area (Å²) in [4.78, 5) is 20.0. The Hall–Kier alpha value is -2.08. The Morgan fingerprint density at radius 3 is 2.41 bits per heavy atom. The SMILES string of the molecule is CCC(C)(C)CC(CNC(=O)c1ccccc1Cl)c1cnc(C(F)F)nc1. The van der Waals surface area contributed by atoms with Gasteiger partial charge in [-0.2, -0.15) is 0 Å². The highest BCUT2D eigenvalue weighted by Crippen LogP contribution is 2.33. The molecule has 0 radical (unpaired) electrons. The molecule has 0 aliphatic heterocycles. The molecule has 0 aliphatic carbocycles. The Morgan fingerprint density at radius 1 is 1.22 bits per heavy atom. The predicted octanol–water partition coefficient (Wildman–Crippen LogP) is 5.41. The van der Waals surface area contributed by atoms with Gasteiger partial charge in [-0.3, -0.25) is 4.79 Å². The summed E-state index contributed by atoms with van der Waals surface area (Å²) >= 11 is 6.08. The number of benzene rings is 1. The van der Waals surface area contributed by atoms with Crippen LogP contribution in [-0.4, -0.2) is 22.4 Å². The first kappa shape index (κ1) is 21.2. The van der Waals surface area contributed by atoms with Crippen LogP contribution in [0.3, 0.4) is 0 Å². The van der Waals surface area contributed by atoms with Gasteiger partial charge in [-0.25, -0.2) is 18.7 Å². The second kappa shape index (κ2) is 9.22. The number of nitrogens with zero attached hydrogens (tertiary/aromatic N) is 2. The lowest BCUT2D eigenvalue weighted by atomic mass is 9.78. The molecule has 1 atom stereocenters. The molecule has 1 aromatic carbocycles. The van der Waals surface area contributed by atoms with Gasteiger partial charge in [0.1, 0.15) is 0 Å². The van der Waals surface area contributed by atoms with Crippen molar-refractivity contribution in [2.75, 3.05) is 6.54 Å². The molecule has 2 rings (SSSR count). The fourth-order valence-corrected chi connectivity index (χ4v) is 2.97. The zero-order chi connectivity index (χ0) is 20.0. The van der Waals surface area contributed by atoms with E-state index in [0.717, 1.165) is 18.4 Å². The van der Waals surface area contributed by atoms with Gasteiger partial charge in [-0.1, -0.05) is 50.9 Å². The van der Waals surface area contributed by atoms with Crippen molar-refractivity contribution in [3.63, 3.8) is 0 Å². The number of nitrogens with one attached hydrogen (secondary N) is 1. The number of hydrogen-bond donors (Lipinski definition) is 1. The van der Waals surface area contributed by atoms with Gasteiger partial charge in [0.05, 0.1) is 10.6 Å². The Kier molecular flexibility index (Phi) is 7.25. The zero-order valence-corrected chi connectivity index (χ0v) is 16.4. The maximum absolute atomic E-state index is 12.7. The van der Waals surface area contributed by atoms with Gasteiger partial charge in [0.25, 0.3) is 12.3 Å². The van der Waals surface area contributed by atoms with Crippen molar-refractivity contribution in [2.24, 2.45) is 5.41 Å². The van der Waals surface area contributed by atoms with Gasteiger partial charge in [0, 0.05) is 24.9 Å². The molecule has 1 unspecified atom stereocenters. The zero-order valence-electron chi connectivity index (χ0n) is 15.7. The topological polar surface area (TPSA) is 54.9 Å². The number of amides is 1. The first-order valence-corrected chi connectivity index (χ1v) is 9.24. The first-order valence-electron chi connectivity index (χ1n) is 8.86.